The number of ether oxygens (including phenoxy) is 1. The first-order valence-electron chi connectivity index (χ1n) is 7.76. The van der Waals surface area contributed by atoms with Crippen molar-refractivity contribution in [2.75, 3.05) is 26.2 Å². The smallest absolute Gasteiger partial charge is 0.255 e. The second kappa shape index (κ2) is 8.17. The first-order chi connectivity index (χ1) is 11.0. The molecule has 6 nitrogen and oxygen atoms in total. The summed E-state index contributed by atoms with van der Waals surface area (Å²) in [6.45, 7) is 4.05. The zero-order valence-corrected chi connectivity index (χ0v) is 13.9. The molecule has 126 valence electrons. The Kier molecular flexibility index (Phi) is 6.24. The third kappa shape index (κ3) is 4.59. The number of rotatable bonds is 7. The monoisotopic (exact) mass is 339 g/mol. The van der Waals surface area contributed by atoms with Crippen LogP contribution in [0.15, 0.2) is 18.2 Å². The molecule has 0 radical (unpaired) electrons. The second-order valence-corrected chi connectivity index (χ2v) is 5.87. The van der Waals surface area contributed by atoms with Crippen LogP contribution in [0.5, 0.6) is 5.75 Å². The number of nitrogens with two attached hydrogens (primary N) is 1. The number of carbonyl (C=O) groups is 2. The lowest BCUT2D eigenvalue weighted by atomic mass is 10.1. The second-order valence-electron chi connectivity index (χ2n) is 5.44. The van der Waals surface area contributed by atoms with E-state index in [4.69, 9.17) is 22.1 Å². The molecule has 1 aliphatic rings. The molecule has 2 amide bonds. The summed E-state index contributed by atoms with van der Waals surface area (Å²) in [5.41, 5.74) is 5.86. The molecule has 0 unspecified atom stereocenters. The Morgan fingerprint density at radius 2 is 2.30 bits per heavy atom. The Balaban J connectivity index is 2.05. The molecule has 1 fully saturated rings. The van der Waals surface area contributed by atoms with Crippen LogP contribution in [0.25, 0.3) is 0 Å². The molecular formula is C16H22ClN3O3. The lowest BCUT2D eigenvalue weighted by Gasteiger charge is -2.16. The van der Waals surface area contributed by atoms with Gasteiger partial charge in [-0.2, -0.15) is 0 Å². The highest BCUT2D eigenvalue weighted by Crippen LogP contribution is 2.24. The molecule has 1 atom stereocenters. The van der Waals surface area contributed by atoms with Crippen molar-refractivity contribution in [2.45, 2.75) is 25.8 Å². The molecule has 1 heterocycles. The molecule has 1 aromatic carbocycles. The van der Waals surface area contributed by atoms with Crippen LogP contribution in [-0.2, 0) is 4.79 Å². The number of hydrogen-bond donors (Lipinski definition) is 2. The van der Waals surface area contributed by atoms with E-state index in [1.54, 1.807) is 23.1 Å². The fraction of sp³-hybridized carbons (Fsp3) is 0.500. The molecule has 1 aromatic rings. The number of carbonyl (C=O) groups excluding carboxylic acids is 2. The number of likely N-dealkylation sites (tertiary alicyclic amines) is 1. The van der Waals surface area contributed by atoms with Crippen LogP contribution >= 0.6 is 11.6 Å². The largest absolute Gasteiger partial charge is 0.493 e. The lowest BCUT2D eigenvalue weighted by Crippen LogP contribution is -2.37. The molecule has 0 bridgehead atoms. The molecule has 0 spiro atoms. The predicted octanol–water partition coefficient (Wildman–Crippen LogP) is 1.42. The summed E-state index contributed by atoms with van der Waals surface area (Å²) in [6, 6.07) is 4.71. The van der Waals surface area contributed by atoms with Gasteiger partial charge in [-0.1, -0.05) is 11.6 Å². The Morgan fingerprint density at radius 3 is 2.96 bits per heavy atom. The van der Waals surface area contributed by atoms with Crippen molar-refractivity contribution in [2.24, 2.45) is 5.73 Å². The summed E-state index contributed by atoms with van der Waals surface area (Å²) in [5, 5.41) is 3.39. The Hall–Kier alpha value is -1.79. The molecule has 2 rings (SSSR count). The number of amides is 2. The van der Waals surface area contributed by atoms with Crippen molar-refractivity contribution in [3.63, 3.8) is 0 Å². The minimum atomic E-state index is -0.264. The quantitative estimate of drug-likeness (QED) is 0.736. The molecule has 0 saturated carbocycles. The zero-order valence-electron chi connectivity index (χ0n) is 13.2. The van der Waals surface area contributed by atoms with Gasteiger partial charge in [0.1, 0.15) is 5.75 Å². The number of hydrogen-bond acceptors (Lipinski definition) is 4. The molecule has 1 aliphatic heterocycles. The van der Waals surface area contributed by atoms with Gasteiger partial charge < -0.3 is 20.7 Å². The number of benzene rings is 1. The lowest BCUT2D eigenvalue weighted by molar-refractivity contribution is -0.127. The Bertz CT molecular complexity index is 580. The number of likely N-dealkylation sites (N-methyl/N-ethyl adjacent to an activating group) is 1. The van der Waals surface area contributed by atoms with E-state index < -0.39 is 0 Å². The average Bonchev–Trinajstić information content (AvgIpc) is 2.87. The molecule has 23 heavy (non-hydrogen) atoms. The third-order valence-electron chi connectivity index (χ3n) is 3.73. The maximum atomic E-state index is 12.5. The van der Waals surface area contributed by atoms with E-state index >= 15 is 0 Å². The molecular weight excluding hydrogens is 318 g/mol. The first-order valence-corrected chi connectivity index (χ1v) is 8.14. The third-order valence-corrected chi connectivity index (χ3v) is 3.96. The van der Waals surface area contributed by atoms with Gasteiger partial charge in [0.05, 0.1) is 18.2 Å². The van der Waals surface area contributed by atoms with Crippen LogP contribution < -0.4 is 15.8 Å². The van der Waals surface area contributed by atoms with E-state index in [0.717, 1.165) is 0 Å². The van der Waals surface area contributed by atoms with Crippen molar-refractivity contribution < 1.29 is 14.3 Å². The predicted molar refractivity (Wildman–Crippen MR) is 88.7 cm³/mol. The van der Waals surface area contributed by atoms with E-state index in [1.807, 2.05) is 6.92 Å². The number of nitrogens with zero attached hydrogens (tertiary/aromatic N) is 1. The number of nitrogens with one attached hydrogen (secondary N) is 1. The maximum absolute atomic E-state index is 12.5. The summed E-state index contributed by atoms with van der Waals surface area (Å²) in [4.78, 5) is 25.9. The van der Waals surface area contributed by atoms with Crippen molar-refractivity contribution in [3.8, 4) is 5.75 Å². The molecule has 3 N–H and O–H groups in total. The molecule has 0 aromatic heterocycles. The van der Waals surface area contributed by atoms with Crippen molar-refractivity contribution >= 4 is 23.4 Å². The number of halogens is 1. The summed E-state index contributed by atoms with van der Waals surface area (Å²) in [5.74, 6) is 0.230. The van der Waals surface area contributed by atoms with E-state index in [9.17, 15) is 9.59 Å². The van der Waals surface area contributed by atoms with Crippen LogP contribution in [0, 0.1) is 0 Å². The zero-order chi connectivity index (χ0) is 16.8. The van der Waals surface area contributed by atoms with Crippen LogP contribution in [0.2, 0.25) is 5.02 Å². The van der Waals surface area contributed by atoms with Gasteiger partial charge >= 0.3 is 0 Å². The highest BCUT2D eigenvalue weighted by atomic mass is 35.5. The van der Waals surface area contributed by atoms with Crippen LogP contribution in [0.3, 0.4) is 0 Å². The van der Waals surface area contributed by atoms with Gasteiger partial charge in [-0.3, -0.25) is 9.59 Å². The van der Waals surface area contributed by atoms with Gasteiger partial charge in [0.2, 0.25) is 5.91 Å². The molecule has 1 saturated heterocycles. The average molecular weight is 340 g/mol. The Morgan fingerprint density at radius 1 is 1.52 bits per heavy atom. The van der Waals surface area contributed by atoms with E-state index in [-0.39, 0.29) is 17.9 Å². The standard InChI is InChI=1S/C16H22ClN3O3/c1-2-20-10-12(9-15(20)21)19-16(22)13-5-4-11(17)8-14(13)23-7-3-6-18/h4-5,8,12H,2-3,6-7,9-10,18H2,1H3,(H,19,22)/t12-/m1/s1. The topological polar surface area (TPSA) is 84.7 Å². The van der Waals surface area contributed by atoms with Gasteiger partial charge in [0.15, 0.2) is 0 Å². The summed E-state index contributed by atoms with van der Waals surface area (Å²) in [6.07, 6.45) is 1.02. The summed E-state index contributed by atoms with van der Waals surface area (Å²) < 4.78 is 5.60. The normalized spacial score (nSPS) is 17.4. The SMILES string of the molecule is CCN1C[C@H](NC(=O)c2ccc(Cl)cc2OCCCN)CC1=O. The van der Waals surface area contributed by atoms with Crippen molar-refractivity contribution in [1.82, 2.24) is 10.2 Å². The summed E-state index contributed by atoms with van der Waals surface area (Å²) >= 11 is 5.97. The van der Waals surface area contributed by atoms with E-state index in [2.05, 4.69) is 5.32 Å². The van der Waals surface area contributed by atoms with Crippen LogP contribution in [0.1, 0.15) is 30.1 Å². The molecule has 7 heteroatoms. The Labute approximate surface area is 140 Å². The van der Waals surface area contributed by atoms with Gasteiger partial charge in [0.25, 0.3) is 5.91 Å². The maximum Gasteiger partial charge on any atom is 0.255 e. The van der Waals surface area contributed by atoms with Gasteiger partial charge in [-0.05, 0) is 38.1 Å². The van der Waals surface area contributed by atoms with E-state index in [1.165, 1.54) is 0 Å². The van der Waals surface area contributed by atoms with Crippen molar-refractivity contribution in [1.29, 1.82) is 0 Å². The van der Waals surface area contributed by atoms with Gasteiger partial charge in [-0.25, -0.2) is 0 Å². The highest BCUT2D eigenvalue weighted by Gasteiger charge is 2.30. The minimum Gasteiger partial charge on any atom is -0.493 e. The van der Waals surface area contributed by atoms with Crippen molar-refractivity contribution in [3.05, 3.63) is 28.8 Å². The van der Waals surface area contributed by atoms with Gasteiger partial charge in [0, 0.05) is 24.5 Å². The highest BCUT2D eigenvalue weighted by molar-refractivity contribution is 6.30. The summed E-state index contributed by atoms with van der Waals surface area (Å²) in [7, 11) is 0. The first kappa shape index (κ1) is 17.6. The fourth-order valence-corrected chi connectivity index (χ4v) is 2.67. The van der Waals surface area contributed by atoms with Gasteiger partial charge in [-0.15, -0.1) is 0 Å². The minimum absolute atomic E-state index is 0.0633. The van der Waals surface area contributed by atoms with Crippen LogP contribution in [0.4, 0.5) is 0 Å². The molecule has 0 aliphatic carbocycles. The van der Waals surface area contributed by atoms with Crippen LogP contribution in [-0.4, -0.2) is 49.0 Å². The fourth-order valence-electron chi connectivity index (χ4n) is 2.51. The van der Waals surface area contributed by atoms with E-state index in [0.29, 0.717) is 55.4 Å².